The van der Waals surface area contributed by atoms with Crippen LogP contribution in [0.2, 0.25) is 0 Å². The maximum atomic E-state index is 12.4. The quantitative estimate of drug-likeness (QED) is 0.563. The molecule has 1 aromatic heterocycles. The second-order valence-corrected chi connectivity index (χ2v) is 9.12. The molecule has 0 unspecified atom stereocenters. The third-order valence-electron chi connectivity index (χ3n) is 5.61. The van der Waals surface area contributed by atoms with Gasteiger partial charge >= 0.3 is 0 Å². The van der Waals surface area contributed by atoms with Crippen LogP contribution in [0.4, 0.5) is 17.2 Å². The van der Waals surface area contributed by atoms with Crippen LogP contribution >= 0.6 is 11.8 Å². The van der Waals surface area contributed by atoms with Crippen LogP contribution in [0.1, 0.15) is 16.7 Å². The number of carbonyl (C=O) groups is 1. The predicted molar refractivity (Wildman–Crippen MR) is 133 cm³/mol. The van der Waals surface area contributed by atoms with Gasteiger partial charge in [-0.1, -0.05) is 41.6 Å². The van der Waals surface area contributed by atoms with Gasteiger partial charge in [0.25, 0.3) is 0 Å². The van der Waals surface area contributed by atoms with Crippen molar-refractivity contribution >= 4 is 34.9 Å². The highest BCUT2D eigenvalue weighted by Gasteiger charge is 2.22. The average molecular weight is 448 g/mol. The summed E-state index contributed by atoms with van der Waals surface area (Å²) in [6, 6.07) is 14.4. The van der Waals surface area contributed by atoms with Crippen molar-refractivity contribution in [3.8, 4) is 0 Å². The Kier molecular flexibility index (Phi) is 6.95. The topological polar surface area (TPSA) is 61.4 Å². The monoisotopic (exact) mass is 447 g/mol. The minimum Gasteiger partial charge on any atom is -0.368 e. The van der Waals surface area contributed by atoms with Crippen LogP contribution in [0.3, 0.4) is 0 Å². The highest BCUT2D eigenvalue weighted by molar-refractivity contribution is 8.00. The summed E-state index contributed by atoms with van der Waals surface area (Å²) in [7, 11) is 0. The van der Waals surface area contributed by atoms with E-state index in [4.69, 9.17) is 0 Å². The fourth-order valence-corrected chi connectivity index (χ4v) is 4.61. The van der Waals surface area contributed by atoms with Crippen LogP contribution in [0.15, 0.2) is 59.9 Å². The molecule has 4 rings (SSSR count). The number of hydrogen-bond acceptors (Lipinski definition) is 6. The summed E-state index contributed by atoms with van der Waals surface area (Å²) in [5.41, 5.74) is 5.87. The molecule has 1 fully saturated rings. The van der Waals surface area contributed by atoms with E-state index in [2.05, 4.69) is 57.1 Å². The Bertz CT molecular complexity index is 1080. The zero-order valence-corrected chi connectivity index (χ0v) is 19.7. The molecule has 1 N–H and O–H groups in total. The SMILES string of the molecule is Cc1ccc(NC(=O)CSc2nccnc2N2CCN(c3cc(C)ccc3C)CC2)cc1. The Morgan fingerprint density at radius 3 is 2.31 bits per heavy atom. The molecule has 1 aliphatic heterocycles. The molecule has 166 valence electrons. The minimum atomic E-state index is -0.0461. The number of aromatic nitrogens is 2. The maximum Gasteiger partial charge on any atom is 0.234 e. The highest BCUT2D eigenvalue weighted by atomic mass is 32.2. The van der Waals surface area contributed by atoms with Crippen molar-refractivity contribution in [2.45, 2.75) is 25.8 Å². The summed E-state index contributed by atoms with van der Waals surface area (Å²) in [6.07, 6.45) is 3.42. The van der Waals surface area contributed by atoms with E-state index < -0.39 is 0 Å². The highest BCUT2D eigenvalue weighted by Crippen LogP contribution is 2.29. The molecular formula is C25H29N5OS. The Balaban J connectivity index is 1.37. The fourth-order valence-electron chi connectivity index (χ4n) is 3.82. The first kappa shape index (κ1) is 22.1. The number of nitrogens with one attached hydrogen (secondary N) is 1. The summed E-state index contributed by atoms with van der Waals surface area (Å²) >= 11 is 1.43. The van der Waals surface area contributed by atoms with Gasteiger partial charge in [-0.2, -0.15) is 0 Å². The predicted octanol–water partition coefficient (Wildman–Crippen LogP) is 4.46. The molecule has 32 heavy (non-hydrogen) atoms. The number of amides is 1. The van der Waals surface area contributed by atoms with E-state index in [1.165, 1.54) is 34.1 Å². The molecule has 0 aliphatic carbocycles. The molecule has 7 heteroatoms. The van der Waals surface area contributed by atoms with Crippen molar-refractivity contribution in [1.29, 1.82) is 0 Å². The van der Waals surface area contributed by atoms with Crippen molar-refractivity contribution in [2.24, 2.45) is 0 Å². The van der Waals surface area contributed by atoms with E-state index in [1.807, 2.05) is 31.2 Å². The lowest BCUT2D eigenvalue weighted by atomic mass is 10.1. The first-order valence-corrected chi connectivity index (χ1v) is 11.9. The van der Waals surface area contributed by atoms with Crippen LogP contribution in [0, 0.1) is 20.8 Å². The number of aryl methyl sites for hydroxylation is 3. The molecule has 0 saturated carbocycles. The van der Waals surface area contributed by atoms with Gasteiger partial charge < -0.3 is 15.1 Å². The molecule has 0 bridgehead atoms. The Hall–Kier alpha value is -3.06. The fraction of sp³-hybridized carbons (Fsp3) is 0.320. The smallest absolute Gasteiger partial charge is 0.234 e. The molecule has 2 aromatic carbocycles. The summed E-state index contributed by atoms with van der Waals surface area (Å²) in [4.78, 5) is 26.2. The van der Waals surface area contributed by atoms with Crippen molar-refractivity contribution in [1.82, 2.24) is 9.97 Å². The van der Waals surface area contributed by atoms with E-state index in [0.29, 0.717) is 5.75 Å². The molecule has 3 aromatic rings. The summed E-state index contributed by atoms with van der Waals surface area (Å²) < 4.78 is 0. The molecule has 6 nitrogen and oxygen atoms in total. The molecule has 2 heterocycles. The summed E-state index contributed by atoms with van der Waals surface area (Å²) in [6.45, 7) is 9.93. The van der Waals surface area contributed by atoms with Gasteiger partial charge in [0.1, 0.15) is 5.03 Å². The molecule has 1 amide bonds. The van der Waals surface area contributed by atoms with Crippen molar-refractivity contribution < 1.29 is 4.79 Å². The number of piperazine rings is 1. The number of hydrogen-bond donors (Lipinski definition) is 1. The molecule has 0 radical (unpaired) electrons. The molecular weight excluding hydrogens is 418 g/mol. The molecule has 0 atom stereocenters. The Morgan fingerprint density at radius 2 is 1.56 bits per heavy atom. The van der Waals surface area contributed by atoms with Gasteiger partial charge in [-0.25, -0.2) is 9.97 Å². The number of carbonyl (C=O) groups excluding carboxylic acids is 1. The van der Waals surface area contributed by atoms with E-state index in [1.54, 1.807) is 12.4 Å². The van der Waals surface area contributed by atoms with Crippen molar-refractivity contribution in [3.63, 3.8) is 0 Å². The van der Waals surface area contributed by atoms with Gasteiger partial charge in [0.15, 0.2) is 5.82 Å². The Labute approximate surface area is 194 Å². The summed E-state index contributed by atoms with van der Waals surface area (Å²) in [5.74, 6) is 1.11. The van der Waals surface area contributed by atoms with Gasteiger partial charge in [0.05, 0.1) is 5.75 Å². The van der Waals surface area contributed by atoms with E-state index >= 15 is 0 Å². The van der Waals surface area contributed by atoms with E-state index in [-0.39, 0.29) is 5.91 Å². The zero-order valence-electron chi connectivity index (χ0n) is 18.8. The largest absolute Gasteiger partial charge is 0.368 e. The van der Waals surface area contributed by atoms with Gasteiger partial charge in [-0.3, -0.25) is 4.79 Å². The van der Waals surface area contributed by atoms with E-state index in [9.17, 15) is 4.79 Å². The average Bonchev–Trinajstić information content (AvgIpc) is 2.81. The van der Waals surface area contributed by atoms with Crippen LogP contribution in [-0.2, 0) is 4.79 Å². The van der Waals surface area contributed by atoms with Gasteiger partial charge in [-0.15, -0.1) is 0 Å². The van der Waals surface area contributed by atoms with Gasteiger partial charge in [0, 0.05) is 49.9 Å². The number of rotatable bonds is 6. The lowest BCUT2D eigenvalue weighted by Crippen LogP contribution is -2.47. The number of nitrogens with zero attached hydrogens (tertiary/aromatic N) is 4. The second kappa shape index (κ2) is 10.0. The molecule has 1 aliphatic rings. The minimum absolute atomic E-state index is 0.0461. The van der Waals surface area contributed by atoms with E-state index in [0.717, 1.165) is 42.7 Å². The first-order chi connectivity index (χ1) is 15.5. The summed E-state index contributed by atoms with van der Waals surface area (Å²) in [5, 5.41) is 3.74. The van der Waals surface area contributed by atoms with Crippen LogP contribution in [0.25, 0.3) is 0 Å². The Morgan fingerprint density at radius 1 is 0.906 bits per heavy atom. The first-order valence-electron chi connectivity index (χ1n) is 10.9. The second-order valence-electron chi connectivity index (χ2n) is 8.15. The standard InChI is InChI=1S/C25H29N5OS/c1-18-5-8-21(9-6-18)28-23(31)17-32-25-24(26-10-11-27-25)30-14-12-29(13-15-30)22-16-19(2)4-7-20(22)3/h4-11,16H,12-15,17H2,1-3H3,(H,28,31). The third-order valence-corrected chi connectivity index (χ3v) is 6.57. The van der Waals surface area contributed by atoms with Gasteiger partial charge in [0.2, 0.25) is 5.91 Å². The van der Waals surface area contributed by atoms with Crippen molar-refractivity contribution in [2.75, 3.05) is 47.0 Å². The zero-order chi connectivity index (χ0) is 22.5. The lowest BCUT2D eigenvalue weighted by molar-refractivity contribution is -0.113. The lowest BCUT2D eigenvalue weighted by Gasteiger charge is -2.37. The number of thioether (sulfide) groups is 1. The molecule has 1 saturated heterocycles. The van der Waals surface area contributed by atoms with Crippen molar-refractivity contribution in [3.05, 3.63) is 71.5 Å². The van der Waals surface area contributed by atoms with Crippen LogP contribution < -0.4 is 15.1 Å². The maximum absolute atomic E-state index is 12.4. The molecule has 0 spiro atoms. The normalized spacial score (nSPS) is 13.8. The number of anilines is 3. The van der Waals surface area contributed by atoms with Gasteiger partial charge in [-0.05, 0) is 50.1 Å². The third kappa shape index (κ3) is 5.40. The van der Waals surface area contributed by atoms with Crippen LogP contribution in [-0.4, -0.2) is 47.8 Å². The van der Waals surface area contributed by atoms with Crippen LogP contribution in [0.5, 0.6) is 0 Å². The number of benzene rings is 2.